The number of ether oxygens (including phenoxy) is 1. The van der Waals surface area contributed by atoms with Crippen molar-refractivity contribution in [2.24, 2.45) is 0 Å². The van der Waals surface area contributed by atoms with Crippen LogP contribution in [0.1, 0.15) is 34.3 Å². The van der Waals surface area contributed by atoms with E-state index in [2.05, 4.69) is 20.1 Å². The van der Waals surface area contributed by atoms with Crippen LogP contribution in [0.3, 0.4) is 0 Å². The SMILES string of the molecule is CC(=O)NCCc1ccc(C(=O)CSc2nnc(-c3cccs3)n2CC2CCCO2)s1. The van der Waals surface area contributed by atoms with E-state index in [9.17, 15) is 9.59 Å². The second-order valence-corrected chi connectivity index (χ2v) is 10.3. The molecule has 4 rings (SSSR count). The summed E-state index contributed by atoms with van der Waals surface area (Å²) >= 11 is 4.54. The van der Waals surface area contributed by atoms with E-state index in [4.69, 9.17) is 4.74 Å². The van der Waals surface area contributed by atoms with E-state index < -0.39 is 0 Å². The lowest BCUT2D eigenvalue weighted by Gasteiger charge is -2.14. The number of Topliss-reactive ketones (excluding diaryl/α,β-unsaturated/α-hetero) is 1. The van der Waals surface area contributed by atoms with Gasteiger partial charge in [-0.15, -0.1) is 32.9 Å². The Morgan fingerprint density at radius 2 is 2.23 bits per heavy atom. The molecule has 1 aliphatic heterocycles. The highest BCUT2D eigenvalue weighted by molar-refractivity contribution is 7.99. The van der Waals surface area contributed by atoms with Gasteiger partial charge < -0.3 is 10.1 Å². The van der Waals surface area contributed by atoms with Crippen molar-refractivity contribution in [3.8, 4) is 10.7 Å². The van der Waals surface area contributed by atoms with Crippen molar-refractivity contribution in [2.45, 2.75) is 44.0 Å². The summed E-state index contributed by atoms with van der Waals surface area (Å²) in [5.74, 6) is 1.17. The highest BCUT2D eigenvalue weighted by atomic mass is 32.2. The predicted octanol–water partition coefficient (Wildman–Crippen LogP) is 3.90. The summed E-state index contributed by atoms with van der Waals surface area (Å²) in [6.07, 6.45) is 2.99. The summed E-state index contributed by atoms with van der Waals surface area (Å²) in [6.45, 7) is 3.58. The van der Waals surface area contributed by atoms with Crippen molar-refractivity contribution < 1.29 is 14.3 Å². The number of carbonyl (C=O) groups is 2. The van der Waals surface area contributed by atoms with Gasteiger partial charge in [0, 0.05) is 25.0 Å². The van der Waals surface area contributed by atoms with Gasteiger partial charge >= 0.3 is 0 Å². The van der Waals surface area contributed by atoms with Crippen molar-refractivity contribution in [1.82, 2.24) is 20.1 Å². The Balaban J connectivity index is 1.41. The van der Waals surface area contributed by atoms with Gasteiger partial charge in [0.15, 0.2) is 16.8 Å². The number of hydrogen-bond acceptors (Lipinski definition) is 8. The van der Waals surface area contributed by atoms with E-state index in [1.54, 1.807) is 11.3 Å². The van der Waals surface area contributed by atoms with Gasteiger partial charge in [-0.2, -0.15) is 0 Å². The molecule has 4 heterocycles. The quantitative estimate of drug-likeness (QED) is 0.353. The highest BCUT2D eigenvalue weighted by Gasteiger charge is 2.23. The first-order chi connectivity index (χ1) is 15.1. The molecule has 0 saturated carbocycles. The average Bonchev–Trinajstić information content (AvgIpc) is 3.53. The smallest absolute Gasteiger partial charge is 0.216 e. The number of hydrogen-bond donors (Lipinski definition) is 1. The van der Waals surface area contributed by atoms with Crippen LogP contribution < -0.4 is 5.32 Å². The minimum atomic E-state index is -0.0433. The molecule has 1 N–H and O–H groups in total. The fourth-order valence-electron chi connectivity index (χ4n) is 3.37. The molecule has 10 heteroatoms. The van der Waals surface area contributed by atoms with Gasteiger partial charge in [0.05, 0.1) is 28.2 Å². The minimum Gasteiger partial charge on any atom is -0.376 e. The molecule has 31 heavy (non-hydrogen) atoms. The lowest BCUT2D eigenvalue weighted by molar-refractivity contribution is -0.118. The zero-order valence-electron chi connectivity index (χ0n) is 17.2. The number of aromatic nitrogens is 3. The molecular formula is C21H24N4O3S3. The topological polar surface area (TPSA) is 86.1 Å². The van der Waals surface area contributed by atoms with E-state index in [0.717, 1.165) is 51.5 Å². The number of nitrogens with one attached hydrogen (secondary N) is 1. The first-order valence-corrected chi connectivity index (χ1v) is 12.9. The van der Waals surface area contributed by atoms with Crippen LogP contribution in [-0.4, -0.2) is 51.5 Å². The van der Waals surface area contributed by atoms with E-state index in [1.165, 1.54) is 30.0 Å². The van der Waals surface area contributed by atoms with Crippen LogP contribution in [0.5, 0.6) is 0 Å². The second kappa shape index (κ2) is 10.5. The van der Waals surface area contributed by atoms with E-state index in [1.807, 2.05) is 29.6 Å². The molecule has 0 aliphatic carbocycles. The molecule has 1 amide bonds. The standard InChI is InChI=1S/C21H24N4O3S3/c1-14(26)22-9-8-16-6-7-18(31-16)17(27)13-30-21-24-23-20(19-5-3-11-29-19)25(21)12-15-4-2-10-28-15/h3,5-7,11,15H,2,4,8-10,12-13H2,1H3,(H,22,26). The number of ketones is 1. The van der Waals surface area contributed by atoms with Crippen LogP contribution in [0, 0.1) is 0 Å². The Bertz CT molecular complexity index is 1020. The number of rotatable bonds is 10. The maximum Gasteiger partial charge on any atom is 0.216 e. The zero-order chi connectivity index (χ0) is 21.6. The molecule has 1 saturated heterocycles. The monoisotopic (exact) mass is 476 g/mol. The van der Waals surface area contributed by atoms with Crippen LogP contribution in [0.4, 0.5) is 0 Å². The Labute approximate surface area is 193 Å². The molecule has 1 atom stereocenters. The van der Waals surface area contributed by atoms with Gasteiger partial charge in [-0.05, 0) is 42.8 Å². The first kappa shape index (κ1) is 22.2. The molecule has 0 bridgehead atoms. The molecule has 164 valence electrons. The van der Waals surface area contributed by atoms with Gasteiger partial charge in [-0.1, -0.05) is 17.8 Å². The molecule has 3 aromatic heterocycles. The van der Waals surface area contributed by atoms with Crippen LogP contribution in [0.2, 0.25) is 0 Å². The van der Waals surface area contributed by atoms with Crippen molar-refractivity contribution >= 4 is 46.1 Å². The molecule has 0 aromatic carbocycles. The van der Waals surface area contributed by atoms with E-state index >= 15 is 0 Å². The van der Waals surface area contributed by atoms with Crippen molar-refractivity contribution in [2.75, 3.05) is 18.9 Å². The maximum atomic E-state index is 12.7. The Morgan fingerprint density at radius 1 is 1.32 bits per heavy atom. The summed E-state index contributed by atoms with van der Waals surface area (Å²) in [5.41, 5.74) is 0. The maximum absolute atomic E-state index is 12.7. The largest absolute Gasteiger partial charge is 0.376 e. The molecule has 7 nitrogen and oxygen atoms in total. The van der Waals surface area contributed by atoms with Crippen LogP contribution in [0.15, 0.2) is 34.8 Å². The summed E-state index contributed by atoms with van der Waals surface area (Å²) in [4.78, 5) is 26.6. The van der Waals surface area contributed by atoms with Gasteiger partial charge in [-0.25, -0.2) is 0 Å². The van der Waals surface area contributed by atoms with Crippen LogP contribution >= 0.6 is 34.4 Å². The first-order valence-electron chi connectivity index (χ1n) is 10.2. The molecule has 0 spiro atoms. The van der Waals surface area contributed by atoms with Crippen LogP contribution in [-0.2, 0) is 22.5 Å². The average molecular weight is 477 g/mol. The third-order valence-corrected chi connectivity index (χ3v) is 7.90. The fraction of sp³-hybridized carbons (Fsp3) is 0.429. The lowest BCUT2D eigenvalue weighted by atomic mass is 10.2. The number of amides is 1. The second-order valence-electron chi connectivity index (χ2n) is 7.24. The Morgan fingerprint density at radius 3 is 2.97 bits per heavy atom. The number of thioether (sulfide) groups is 1. The zero-order valence-corrected chi connectivity index (χ0v) is 19.7. The summed E-state index contributed by atoms with van der Waals surface area (Å²) in [7, 11) is 0. The van der Waals surface area contributed by atoms with Gasteiger partial charge in [0.25, 0.3) is 0 Å². The molecule has 3 aromatic rings. The minimum absolute atomic E-state index is 0.0433. The van der Waals surface area contributed by atoms with Crippen LogP contribution in [0.25, 0.3) is 10.7 Å². The van der Waals surface area contributed by atoms with Crippen molar-refractivity contribution in [3.05, 3.63) is 39.4 Å². The Hall–Kier alpha value is -2.01. The van der Waals surface area contributed by atoms with Gasteiger partial charge in [-0.3, -0.25) is 14.2 Å². The third kappa shape index (κ3) is 5.82. The third-order valence-electron chi connectivity index (χ3n) is 4.88. The van der Waals surface area contributed by atoms with Crippen molar-refractivity contribution in [1.29, 1.82) is 0 Å². The number of carbonyl (C=O) groups excluding carboxylic acids is 2. The predicted molar refractivity (Wildman–Crippen MR) is 124 cm³/mol. The van der Waals surface area contributed by atoms with E-state index in [0.29, 0.717) is 18.8 Å². The summed E-state index contributed by atoms with van der Waals surface area (Å²) < 4.78 is 7.91. The molecule has 0 radical (unpaired) electrons. The lowest BCUT2D eigenvalue weighted by Crippen LogP contribution is -2.22. The van der Waals surface area contributed by atoms with Gasteiger partial charge in [0.2, 0.25) is 5.91 Å². The normalized spacial score (nSPS) is 16.0. The van der Waals surface area contributed by atoms with Gasteiger partial charge in [0.1, 0.15) is 0 Å². The number of nitrogens with zero attached hydrogens (tertiary/aromatic N) is 3. The van der Waals surface area contributed by atoms with E-state index in [-0.39, 0.29) is 17.8 Å². The fourth-order valence-corrected chi connectivity index (χ4v) is 5.95. The summed E-state index contributed by atoms with van der Waals surface area (Å²) in [5, 5.41) is 14.3. The molecule has 1 aliphatic rings. The molecular weight excluding hydrogens is 452 g/mol. The summed E-state index contributed by atoms with van der Waals surface area (Å²) in [6, 6.07) is 7.86. The molecule has 1 fully saturated rings. The molecule has 1 unspecified atom stereocenters. The number of thiophene rings is 2. The van der Waals surface area contributed by atoms with Crippen molar-refractivity contribution in [3.63, 3.8) is 0 Å². The highest BCUT2D eigenvalue weighted by Crippen LogP contribution is 2.30. The Kier molecular flexibility index (Phi) is 7.54.